The van der Waals surface area contributed by atoms with Gasteiger partial charge < -0.3 is 0 Å². The fraction of sp³-hybridized carbons (Fsp3) is 0.700. The standard InChI is InChI=1S/C10H18O3/c1-4-8(2)6-5-7-9(3)10(11)13-12/h7-8,12H,4-6H2,1-3H3. The summed E-state index contributed by atoms with van der Waals surface area (Å²) in [7, 11) is 0. The third kappa shape index (κ3) is 5.42. The Hall–Kier alpha value is -0.830. The highest BCUT2D eigenvalue weighted by atomic mass is 17.1. The van der Waals surface area contributed by atoms with Gasteiger partial charge in [-0.1, -0.05) is 26.3 Å². The lowest BCUT2D eigenvalue weighted by Crippen LogP contribution is -2.02. The summed E-state index contributed by atoms with van der Waals surface area (Å²) >= 11 is 0. The van der Waals surface area contributed by atoms with Crippen LogP contribution in [0.25, 0.3) is 0 Å². The maximum absolute atomic E-state index is 10.7. The lowest BCUT2D eigenvalue weighted by atomic mass is 10.0. The Balaban J connectivity index is 3.77. The van der Waals surface area contributed by atoms with Gasteiger partial charge in [-0.05, 0) is 25.7 Å². The van der Waals surface area contributed by atoms with Gasteiger partial charge in [0.25, 0.3) is 0 Å². The quantitative estimate of drug-likeness (QED) is 0.408. The molecule has 0 aliphatic rings. The van der Waals surface area contributed by atoms with Crippen molar-refractivity contribution in [2.45, 2.75) is 40.0 Å². The van der Waals surface area contributed by atoms with Gasteiger partial charge in [-0.2, -0.15) is 5.26 Å². The van der Waals surface area contributed by atoms with Gasteiger partial charge in [0, 0.05) is 5.57 Å². The molecular formula is C10H18O3. The van der Waals surface area contributed by atoms with E-state index in [1.54, 1.807) is 13.0 Å². The van der Waals surface area contributed by atoms with Crippen molar-refractivity contribution in [1.29, 1.82) is 0 Å². The van der Waals surface area contributed by atoms with E-state index in [-0.39, 0.29) is 0 Å². The first kappa shape index (κ1) is 12.2. The summed E-state index contributed by atoms with van der Waals surface area (Å²) in [6.07, 6.45) is 4.87. The molecule has 0 saturated heterocycles. The summed E-state index contributed by atoms with van der Waals surface area (Å²) in [5, 5.41) is 8.07. The molecule has 1 N–H and O–H groups in total. The van der Waals surface area contributed by atoms with Crippen LogP contribution in [0, 0.1) is 5.92 Å². The number of allylic oxidation sites excluding steroid dienone is 1. The van der Waals surface area contributed by atoms with E-state index in [9.17, 15) is 4.79 Å². The molecule has 0 heterocycles. The molecule has 0 aromatic rings. The van der Waals surface area contributed by atoms with Crippen LogP contribution in [0.2, 0.25) is 0 Å². The molecule has 0 amide bonds. The molecule has 3 heteroatoms. The van der Waals surface area contributed by atoms with Gasteiger partial charge in [0.05, 0.1) is 0 Å². The molecule has 0 aromatic heterocycles. The second-order valence-corrected chi connectivity index (χ2v) is 3.36. The molecule has 0 saturated carbocycles. The highest BCUT2D eigenvalue weighted by molar-refractivity contribution is 5.87. The maximum atomic E-state index is 10.7. The van der Waals surface area contributed by atoms with Crippen molar-refractivity contribution in [3.05, 3.63) is 11.6 Å². The lowest BCUT2D eigenvalue weighted by molar-refractivity contribution is -0.229. The van der Waals surface area contributed by atoms with Crippen LogP contribution in [-0.2, 0) is 9.68 Å². The zero-order valence-electron chi connectivity index (χ0n) is 8.54. The molecule has 3 nitrogen and oxygen atoms in total. The summed E-state index contributed by atoms with van der Waals surface area (Å²) in [5.41, 5.74) is 0.464. The second kappa shape index (κ2) is 6.66. The largest absolute Gasteiger partial charge is 0.368 e. The van der Waals surface area contributed by atoms with Gasteiger partial charge in [-0.25, -0.2) is 4.79 Å². The molecule has 0 radical (unpaired) electrons. The van der Waals surface area contributed by atoms with Crippen molar-refractivity contribution >= 4 is 5.97 Å². The van der Waals surface area contributed by atoms with Gasteiger partial charge in [0.1, 0.15) is 0 Å². The molecule has 13 heavy (non-hydrogen) atoms. The highest BCUT2D eigenvalue weighted by Crippen LogP contribution is 2.11. The van der Waals surface area contributed by atoms with E-state index in [4.69, 9.17) is 5.26 Å². The van der Waals surface area contributed by atoms with E-state index in [2.05, 4.69) is 18.7 Å². The summed E-state index contributed by atoms with van der Waals surface area (Å²) in [6, 6.07) is 0. The molecule has 76 valence electrons. The fourth-order valence-corrected chi connectivity index (χ4v) is 0.944. The minimum absolute atomic E-state index is 0.464. The third-order valence-corrected chi connectivity index (χ3v) is 2.21. The first-order chi connectivity index (χ1) is 6.11. The van der Waals surface area contributed by atoms with Gasteiger partial charge in [-0.15, -0.1) is 0 Å². The van der Waals surface area contributed by atoms with Crippen LogP contribution >= 0.6 is 0 Å². The normalized spacial score (nSPS) is 14.0. The molecule has 0 bridgehead atoms. The van der Waals surface area contributed by atoms with E-state index in [0.717, 1.165) is 19.3 Å². The summed E-state index contributed by atoms with van der Waals surface area (Å²) < 4.78 is 0. The molecule has 0 fully saturated rings. The fourth-order valence-electron chi connectivity index (χ4n) is 0.944. The first-order valence-corrected chi connectivity index (χ1v) is 4.64. The Bertz CT molecular complexity index is 185. The first-order valence-electron chi connectivity index (χ1n) is 4.64. The Morgan fingerprint density at radius 1 is 1.62 bits per heavy atom. The zero-order chi connectivity index (χ0) is 10.3. The van der Waals surface area contributed by atoms with Gasteiger partial charge in [0.2, 0.25) is 0 Å². The van der Waals surface area contributed by atoms with Crippen molar-refractivity contribution < 1.29 is 14.9 Å². The second-order valence-electron chi connectivity index (χ2n) is 3.36. The molecule has 0 aliphatic carbocycles. The number of hydrogen-bond acceptors (Lipinski definition) is 3. The monoisotopic (exact) mass is 186 g/mol. The summed E-state index contributed by atoms with van der Waals surface area (Å²) in [4.78, 5) is 14.3. The molecule has 1 unspecified atom stereocenters. The van der Waals surface area contributed by atoms with Crippen molar-refractivity contribution in [2.75, 3.05) is 0 Å². The Morgan fingerprint density at radius 3 is 2.69 bits per heavy atom. The summed E-state index contributed by atoms with van der Waals surface area (Å²) in [5.74, 6) is 0.0124. The zero-order valence-corrected chi connectivity index (χ0v) is 8.54. The van der Waals surface area contributed by atoms with E-state index < -0.39 is 5.97 Å². The molecule has 0 rings (SSSR count). The van der Waals surface area contributed by atoms with Crippen molar-refractivity contribution in [3.63, 3.8) is 0 Å². The molecule has 1 atom stereocenters. The van der Waals surface area contributed by atoms with Crippen molar-refractivity contribution in [2.24, 2.45) is 5.92 Å². The highest BCUT2D eigenvalue weighted by Gasteiger charge is 2.04. The number of rotatable bonds is 5. The van der Waals surface area contributed by atoms with Crippen LogP contribution in [0.5, 0.6) is 0 Å². The van der Waals surface area contributed by atoms with Crippen molar-refractivity contribution in [1.82, 2.24) is 0 Å². The Labute approximate surface area is 79.3 Å². The number of carbonyl (C=O) groups excluding carboxylic acids is 1. The lowest BCUT2D eigenvalue weighted by Gasteiger charge is -2.04. The minimum atomic E-state index is -0.663. The topological polar surface area (TPSA) is 46.5 Å². The number of hydrogen-bond donors (Lipinski definition) is 1. The van der Waals surface area contributed by atoms with E-state index >= 15 is 0 Å². The average molecular weight is 186 g/mol. The van der Waals surface area contributed by atoms with Crippen LogP contribution < -0.4 is 0 Å². The van der Waals surface area contributed by atoms with Crippen LogP contribution in [0.15, 0.2) is 11.6 Å². The van der Waals surface area contributed by atoms with Gasteiger partial charge in [-0.3, -0.25) is 4.89 Å². The molecule has 0 aromatic carbocycles. The van der Waals surface area contributed by atoms with Crippen LogP contribution in [-0.4, -0.2) is 11.2 Å². The van der Waals surface area contributed by atoms with E-state index in [1.165, 1.54) is 0 Å². The smallest absolute Gasteiger partial charge is 0.296 e. The van der Waals surface area contributed by atoms with Gasteiger partial charge in [0.15, 0.2) is 0 Å². The average Bonchev–Trinajstić information content (AvgIpc) is 2.15. The van der Waals surface area contributed by atoms with E-state index in [0.29, 0.717) is 11.5 Å². The van der Waals surface area contributed by atoms with Crippen LogP contribution in [0.3, 0.4) is 0 Å². The van der Waals surface area contributed by atoms with Crippen LogP contribution in [0.4, 0.5) is 0 Å². The van der Waals surface area contributed by atoms with E-state index in [1.807, 2.05) is 0 Å². The predicted octanol–water partition coefficient (Wildman–Crippen LogP) is 2.78. The number of carbonyl (C=O) groups is 1. The molecule has 0 aliphatic heterocycles. The Kier molecular flexibility index (Phi) is 6.24. The molecular weight excluding hydrogens is 168 g/mol. The maximum Gasteiger partial charge on any atom is 0.368 e. The van der Waals surface area contributed by atoms with Crippen molar-refractivity contribution in [3.8, 4) is 0 Å². The predicted molar refractivity (Wildman–Crippen MR) is 51.2 cm³/mol. The van der Waals surface area contributed by atoms with Gasteiger partial charge >= 0.3 is 5.97 Å². The minimum Gasteiger partial charge on any atom is -0.296 e. The van der Waals surface area contributed by atoms with Crippen LogP contribution in [0.1, 0.15) is 40.0 Å². The SMILES string of the molecule is CCC(C)CCC=C(C)C(=O)OO. The Morgan fingerprint density at radius 2 is 2.23 bits per heavy atom. The summed E-state index contributed by atoms with van der Waals surface area (Å²) in [6.45, 7) is 5.95. The molecule has 0 spiro atoms. The third-order valence-electron chi connectivity index (χ3n) is 2.21.